The molecule has 0 aliphatic carbocycles. The van der Waals surface area contributed by atoms with E-state index < -0.39 is 23.6 Å². The SMILES string of the molecule is CC(C)(C)C.COC(=O)C(C)c1c(C(F)(F)F)ccc(OCc2ccccc2)c1-c1ccc2c(c1)CCCO2. The Morgan fingerprint density at radius 1 is 1.00 bits per heavy atom. The summed E-state index contributed by atoms with van der Waals surface area (Å²) in [5, 5.41) is 0. The van der Waals surface area contributed by atoms with E-state index in [1.54, 1.807) is 12.1 Å². The number of alkyl halides is 3. The van der Waals surface area contributed by atoms with Crippen LogP contribution in [-0.4, -0.2) is 19.7 Å². The van der Waals surface area contributed by atoms with E-state index in [1.807, 2.05) is 36.4 Å². The van der Waals surface area contributed by atoms with Gasteiger partial charge in [0.1, 0.15) is 18.1 Å². The molecule has 0 fully saturated rings. The van der Waals surface area contributed by atoms with Gasteiger partial charge < -0.3 is 14.2 Å². The van der Waals surface area contributed by atoms with E-state index in [4.69, 9.17) is 14.2 Å². The van der Waals surface area contributed by atoms with Crippen molar-refractivity contribution in [3.8, 4) is 22.6 Å². The molecule has 1 aliphatic heterocycles. The highest BCUT2D eigenvalue weighted by molar-refractivity contribution is 5.86. The van der Waals surface area contributed by atoms with Crippen molar-refractivity contribution in [2.75, 3.05) is 13.7 Å². The third-order valence-corrected chi connectivity index (χ3v) is 5.93. The van der Waals surface area contributed by atoms with Crippen LogP contribution in [0, 0.1) is 5.41 Å². The number of rotatable bonds is 6. The highest BCUT2D eigenvalue weighted by atomic mass is 19.4. The zero-order chi connectivity index (χ0) is 28.8. The molecule has 0 radical (unpaired) electrons. The van der Waals surface area contributed by atoms with Crippen LogP contribution in [0.4, 0.5) is 13.2 Å². The second-order valence-corrected chi connectivity index (χ2v) is 11.2. The van der Waals surface area contributed by atoms with Crippen molar-refractivity contribution in [1.82, 2.24) is 0 Å². The molecule has 3 aromatic rings. The third-order valence-electron chi connectivity index (χ3n) is 5.93. The van der Waals surface area contributed by atoms with Crippen LogP contribution in [0.25, 0.3) is 11.1 Å². The Morgan fingerprint density at radius 2 is 1.67 bits per heavy atom. The standard InChI is InChI=1S/C27H25F3O4.C5H12/c1-17(26(31)32-2)24-21(27(28,29)30)11-13-23(34-16-18-7-4-3-5-8-18)25(24)20-10-12-22-19(15-20)9-6-14-33-22;1-5(2,3)4/h3-5,7-8,10-13,15,17H,6,9,14,16H2,1-2H3;1-4H3. The lowest BCUT2D eigenvalue weighted by Crippen LogP contribution is -2.19. The molecule has 3 aromatic carbocycles. The first-order valence-corrected chi connectivity index (χ1v) is 13.0. The molecule has 0 spiro atoms. The molecular formula is C32H37F3O4. The Labute approximate surface area is 229 Å². The van der Waals surface area contributed by atoms with Gasteiger partial charge in [0.25, 0.3) is 0 Å². The minimum Gasteiger partial charge on any atom is -0.493 e. The summed E-state index contributed by atoms with van der Waals surface area (Å²) in [5.74, 6) is -0.937. The summed E-state index contributed by atoms with van der Waals surface area (Å²) in [7, 11) is 1.16. The van der Waals surface area contributed by atoms with Crippen molar-refractivity contribution in [3.63, 3.8) is 0 Å². The Hall–Kier alpha value is -3.48. The summed E-state index contributed by atoms with van der Waals surface area (Å²) in [4.78, 5) is 12.4. The van der Waals surface area contributed by atoms with Gasteiger partial charge in [0.2, 0.25) is 0 Å². The van der Waals surface area contributed by atoms with Crippen LogP contribution in [0.1, 0.15) is 69.2 Å². The van der Waals surface area contributed by atoms with Crippen molar-refractivity contribution in [2.24, 2.45) is 5.41 Å². The average molecular weight is 543 g/mol. The number of hydrogen-bond donors (Lipinski definition) is 0. The molecule has 39 heavy (non-hydrogen) atoms. The molecule has 1 unspecified atom stereocenters. The average Bonchev–Trinajstić information content (AvgIpc) is 2.89. The van der Waals surface area contributed by atoms with Crippen molar-refractivity contribution < 1.29 is 32.2 Å². The van der Waals surface area contributed by atoms with Gasteiger partial charge in [0, 0.05) is 5.56 Å². The summed E-state index contributed by atoms with van der Waals surface area (Å²) in [6.07, 6.45) is -3.09. The molecule has 210 valence electrons. The smallest absolute Gasteiger partial charge is 0.416 e. The Balaban J connectivity index is 0.000000771. The second-order valence-electron chi connectivity index (χ2n) is 11.2. The lowest BCUT2D eigenvalue weighted by atomic mass is 9.85. The van der Waals surface area contributed by atoms with Gasteiger partial charge in [-0.05, 0) is 71.7 Å². The number of esters is 1. The van der Waals surface area contributed by atoms with E-state index in [2.05, 4.69) is 27.7 Å². The summed E-state index contributed by atoms with van der Waals surface area (Å²) >= 11 is 0. The number of aryl methyl sites for hydroxylation is 1. The monoisotopic (exact) mass is 542 g/mol. The normalized spacial score (nSPS) is 13.8. The second kappa shape index (κ2) is 12.6. The lowest BCUT2D eigenvalue weighted by molar-refractivity contribution is -0.143. The summed E-state index contributed by atoms with van der Waals surface area (Å²) < 4.78 is 58.9. The van der Waals surface area contributed by atoms with E-state index in [0.717, 1.165) is 42.9 Å². The van der Waals surface area contributed by atoms with Crippen molar-refractivity contribution in [1.29, 1.82) is 0 Å². The molecule has 0 N–H and O–H groups in total. The molecule has 1 aliphatic rings. The zero-order valence-corrected chi connectivity index (χ0v) is 23.4. The lowest BCUT2D eigenvalue weighted by Gasteiger charge is -2.25. The quantitative estimate of drug-likeness (QED) is 0.293. The largest absolute Gasteiger partial charge is 0.493 e. The minimum absolute atomic E-state index is 0.165. The van der Waals surface area contributed by atoms with Gasteiger partial charge in [-0.1, -0.05) is 64.1 Å². The maximum atomic E-state index is 14.1. The fourth-order valence-corrected chi connectivity index (χ4v) is 4.26. The molecule has 4 nitrogen and oxygen atoms in total. The first-order valence-electron chi connectivity index (χ1n) is 13.0. The molecule has 1 heterocycles. The molecule has 0 saturated carbocycles. The molecule has 0 aromatic heterocycles. The fraction of sp³-hybridized carbons (Fsp3) is 0.406. The van der Waals surface area contributed by atoms with Gasteiger partial charge in [0.15, 0.2) is 0 Å². The van der Waals surface area contributed by atoms with E-state index in [-0.39, 0.29) is 23.5 Å². The summed E-state index contributed by atoms with van der Waals surface area (Å²) in [6, 6.07) is 16.9. The van der Waals surface area contributed by atoms with Gasteiger partial charge in [-0.3, -0.25) is 4.79 Å². The van der Waals surface area contributed by atoms with E-state index in [1.165, 1.54) is 13.0 Å². The molecule has 7 heteroatoms. The molecule has 4 rings (SSSR count). The third kappa shape index (κ3) is 8.25. The Morgan fingerprint density at radius 3 is 2.28 bits per heavy atom. The number of halogens is 3. The summed E-state index contributed by atoms with van der Waals surface area (Å²) in [5.41, 5.74) is 1.99. The number of fused-ring (bicyclic) bond motifs is 1. The van der Waals surface area contributed by atoms with Crippen LogP contribution in [-0.2, 0) is 28.7 Å². The van der Waals surface area contributed by atoms with Crippen molar-refractivity contribution >= 4 is 5.97 Å². The van der Waals surface area contributed by atoms with Gasteiger partial charge in [0.05, 0.1) is 25.2 Å². The van der Waals surface area contributed by atoms with Gasteiger partial charge in [-0.2, -0.15) is 13.2 Å². The van der Waals surface area contributed by atoms with E-state index >= 15 is 0 Å². The zero-order valence-electron chi connectivity index (χ0n) is 23.4. The maximum absolute atomic E-state index is 14.1. The number of methoxy groups -OCH3 is 1. The molecule has 1 atom stereocenters. The maximum Gasteiger partial charge on any atom is 0.416 e. The predicted molar refractivity (Wildman–Crippen MR) is 147 cm³/mol. The van der Waals surface area contributed by atoms with Crippen LogP contribution in [0.2, 0.25) is 0 Å². The highest BCUT2D eigenvalue weighted by Gasteiger charge is 2.39. The number of carbonyl (C=O) groups is 1. The van der Waals surface area contributed by atoms with E-state index in [9.17, 15) is 18.0 Å². The Kier molecular flexibility index (Phi) is 9.70. The van der Waals surface area contributed by atoms with Crippen LogP contribution < -0.4 is 9.47 Å². The molecule has 0 amide bonds. The Bertz CT molecular complexity index is 1250. The van der Waals surface area contributed by atoms with Crippen LogP contribution in [0.3, 0.4) is 0 Å². The minimum atomic E-state index is -4.67. The fourth-order valence-electron chi connectivity index (χ4n) is 4.26. The van der Waals surface area contributed by atoms with Gasteiger partial charge in [-0.25, -0.2) is 0 Å². The molecule has 0 bridgehead atoms. The number of hydrogen-bond acceptors (Lipinski definition) is 4. The van der Waals surface area contributed by atoms with Gasteiger partial charge >= 0.3 is 12.1 Å². The molecule has 0 saturated heterocycles. The van der Waals surface area contributed by atoms with Crippen molar-refractivity contribution in [2.45, 2.75) is 66.2 Å². The van der Waals surface area contributed by atoms with Gasteiger partial charge in [-0.15, -0.1) is 0 Å². The summed E-state index contributed by atoms with van der Waals surface area (Å²) in [6.45, 7) is 10.9. The highest BCUT2D eigenvalue weighted by Crippen LogP contribution is 2.46. The van der Waals surface area contributed by atoms with E-state index in [0.29, 0.717) is 17.6 Å². The first-order chi connectivity index (χ1) is 18.3. The number of carbonyl (C=O) groups excluding carboxylic acids is 1. The van der Waals surface area contributed by atoms with Crippen LogP contribution >= 0.6 is 0 Å². The number of ether oxygens (including phenoxy) is 3. The van der Waals surface area contributed by atoms with Crippen LogP contribution in [0.5, 0.6) is 11.5 Å². The van der Waals surface area contributed by atoms with Crippen LogP contribution in [0.15, 0.2) is 60.7 Å². The topological polar surface area (TPSA) is 44.8 Å². The van der Waals surface area contributed by atoms with Crippen molar-refractivity contribution in [3.05, 3.63) is 82.9 Å². The number of benzene rings is 3. The predicted octanol–water partition coefficient (Wildman–Crippen LogP) is 8.61. The molecular weight excluding hydrogens is 505 g/mol. The first kappa shape index (κ1) is 30.1.